The van der Waals surface area contributed by atoms with Gasteiger partial charge in [-0.1, -0.05) is 0 Å². The molecule has 1 amide bonds. The molecule has 2 fully saturated rings. The van der Waals surface area contributed by atoms with Gasteiger partial charge in [-0.3, -0.25) is 9.59 Å². The van der Waals surface area contributed by atoms with Crippen LogP contribution >= 0.6 is 0 Å². The van der Waals surface area contributed by atoms with Gasteiger partial charge in [0.15, 0.2) is 0 Å². The van der Waals surface area contributed by atoms with Crippen molar-refractivity contribution in [3.63, 3.8) is 0 Å². The van der Waals surface area contributed by atoms with Crippen molar-refractivity contribution >= 4 is 11.9 Å². The van der Waals surface area contributed by atoms with Crippen molar-refractivity contribution in [2.75, 3.05) is 26.3 Å². The maximum Gasteiger partial charge on any atom is 0.308 e. The molecule has 2 aliphatic heterocycles. The van der Waals surface area contributed by atoms with Gasteiger partial charge in [-0.2, -0.15) is 0 Å². The molecule has 0 spiro atoms. The summed E-state index contributed by atoms with van der Waals surface area (Å²) >= 11 is 0. The van der Waals surface area contributed by atoms with Gasteiger partial charge in [0, 0.05) is 19.7 Å². The van der Waals surface area contributed by atoms with E-state index < -0.39 is 18.0 Å². The smallest absolute Gasteiger partial charge is 0.308 e. The van der Waals surface area contributed by atoms with Crippen molar-refractivity contribution in [1.29, 1.82) is 0 Å². The molecule has 0 aromatic rings. The highest BCUT2D eigenvalue weighted by atomic mass is 16.5. The third-order valence-electron chi connectivity index (χ3n) is 3.99. The van der Waals surface area contributed by atoms with E-state index in [1.165, 1.54) is 0 Å². The van der Waals surface area contributed by atoms with E-state index in [2.05, 4.69) is 0 Å². The summed E-state index contributed by atoms with van der Waals surface area (Å²) in [6.07, 6.45) is 2.96. The number of rotatable bonds is 5. The fourth-order valence-corrected chi connectivity index (χ4v) is 2.73. The van der Waals surface area contributed by atoms with E-state index >= 15 is 0 Å². The van der Waals surface area contributed by atoms with Gasteiger partial charge < -0.3 is 19.5 Å². The van der Waals surface area contributed by atoms with Gasteiger partial charge in [-0.15, -0.1) is 0 Å². The molecule has 2 heterocycles. The predicted molar refractivity (Wildman–Crippen MR) is 71.3 cm³/mol. The number of amides is 1. The van der Waals surface area contributed by atoms with Gasteiger partial charge in [-0.05, 0) is 32.6 Å². The van der Waals surface area contributed by atoms with Crippen molar-refractivity contribution in [3.8, 4) is 0 Å². The van der Waals surface area contributed by atoms with Crippen molar-refractivity contribution in [2.45, 2.75) is 44.8 Å². The van der Waals surface area contributed by atoms with Crippen LogP contribution in [-0.2, 0) is 19.1 Å². The van der Waals surface area contributed by atoms with Crippen LogP contribution in [-0.4, -0.2) is 60.4 Å². The van der Waals surface area contributed by atoms with E-state index in [0.717, 1.165) is 25.9 Å². The number of carbonyl (C=O) groups excluding carboxylic acids is 1. The van der Waals surface area contributed by atoms with E-state index in [1.807, 2.05) is 0 Å². The number of nitrogens with zero attached hydrogens (tertiary/aromatic N) is 1. The lowest BCUT2D eigenvalue weighted by Crippen LogP contribution is -2.46. The SMILES string of the molecule is C[C@H](OC[C@H]1CCCO1)C(=O)N1CCC[C@H](C(=O)O)C1. The Morgan fingerprint density at radius 1 is 1.40 bits per heavy atom. The molecule has 6 nitrogen and oxygen atoms in total. The van der Waals surface area contributed by atoms with Gasteiger partial charge in [0.1, 0.15) is 6.10 Å². The van der Waals surface area contributed by atoms with Crippen molar-refractivity contribution in [3.05, 3.63) is 0 Å². The first-order valence-corrected chi connectivity index (χ1v) is 7.32. The van der Waals surface area contributed by atoms with Gasteiger partial charge in [0.2, 0.25) is 0 Å². The zero-order valence-electron chi connectivity index (χ0n) is 11.9. The fourth-order valence-electron chi connectivity index (χ4n) is 2.73. The van der Waals surface area contributed by atoms with Crippen molar-refractivity contribution in [1.82, 2.24) is 4.90 Å². The molecule has 2 rings (SSSR count). The highest BCUT2D eigenvalue weighted by molar-refractivity contribution is 5.81. The Balaban J connectivity index is 1.78. The van der Waals surface area contributed by atoms with Crippen LogP contribution < -0.4 is 0 Å². The Morgan fingerprint density at radius 2 is 2.20 bits per heavy atom. The summed E-state index contributed by atoms with van der Waals surface area (Å²) < 4.78 is 11.0. The molecular formula is C14H23NO5. The molecule has 0 radical (unpaired) electrons. The number of carbonyl (C=O) groups is 2. The van der Waals surface area contributed by atoms with Crippen LogP contribution in [0, 0.1) is 5.92 Å². The summed E-state index contributed by atoms with van der Waals surface area (Å²) in [6.45, 7) is 3.84. The summed E-state index contributed by atoms with van der Waals surface area (Å²) in [5, 5.41) is 9.04. The Morgan fingerprint density at radius 3 is 2.85 bits per heavy atom. The van der Waals surface area contributed by atoms with Crippen LogP contribution in [0.3, 0.4) is 0 Å². The highest BCUT2D eigenvalue weighted by Gasteiger charge is 2.31. The number of carboxylic acids is 1. The molecule has 6 heteroatoms. The second kappa shape index (κ2) is 7.04. The average Bonchev–Trinajstić information content (AvgIpc) is 2.97. The average molecular weight is 285 g/mol. The molecule has 114 valence electrons. The third kappa shape index (κ3) is 3.93. The minimum absolute atomic E-state index is 0.0957. The first kappa shape index (κ1) is 15.3. The van der Waals surface area contributed by atoms with Crippen molar-refractivity contribution in [2.24, 2.45) is 5.92 Å². The zero-order valence-corrected chi connectivity index (χ0v) is 11.9. The molecule has 0 unspecified atom stereocenters. The monoisotopic (exact) mass is 285 g/mol. The molecule has 0 bridgehead atoms. The van der Waals surface area contributed by atoms with E-state index in [9.17, 15) is 9.59 Å². The molecule has 0 saturated carbocycles. The minimum Gasteiger partial charge on any atom is -0.481 e. The maximum atomic E-state index is 12.2. The third-order valence-corrected chi connectivity index (χ3v) is 3.99. The molecule has 3 atom stereocenters. The zero-order chi connectivity index (χ0) is 14.5. The number of ether oxygens (including phenoxy) is 2. The highest BCUT2D eigenvalue weighted by Crippen LogP contribution is 2.18. The minimum atomic E-state index is -0.824. The molecule has 20 heavy (non-hydrogen) atoms. The summed E-state index contributed by atoms with van der Waals surface area (Å²) in [5.41, 5.74) is 0. The van der Waals surface area contributed by atoms with Gasteiger partial charge >= 0.3 is 5.97 Å². The lowest BCUT2D eigenvalue weighted by molar-refractivity contribution is -0.151. The van der Waals surface area contributed by atoms with Crippen LogP contribution in [0.5, 0.6) is 0 Å². The van der Waals surface area contributed by atoms with E-state index in [0.29, 0.717) is 26.1 Å². The van der Waals surface area contributed by atoms with E-state index in [1.54, 1.807) is 11.8 Å². The number of piperidine rings is 1. The number of aliphatic carboxylic acids is 1. The Labute approximate surface area is 119 Å². The first-order valence-electron chi connectivity index (χ1n) is 7.32. The molecule has 2 aliphatic rings. The summed E-state index contributed by atoms with van der Waals surface area (Å²) in [4.78, 5) is 24.9. The molecule has 2 saturated heterocycles. The number of carboxylic acid groups (broad SMARTS) is 1. The summed E-state index contributed by atoms with van der Waals surface area (Å²) in [5.74, 6) is -1.39. The molecular weight excluding hydrogens is 262 g/mol. The topological polar surface area (TPSA) is 76.1 Å². The lowest BCUT2D eigenvalue weighted by Gasteiger charge is -2.32. The quantitative estimate of drug-likeness (QED) is 0.812. The van der Waals surface area contributed by atoms with Gasteiger partial charge in [0.25, 0.3) is 5.91 Å². The second-order valence-electron chi connectivity index (χ2n) is 5.57. The van der Waals surface area contributed by atoms with Gasteiger partial charge in [0.05, 0.1) is 18.6 Å². The summed E-state index contributed by atoms with van der Waals surface area (Å²) in [6, 6.07) is 0. The molecule has 0 aromatic heterocycles. The Bertz CT molecular complexity index is 353. The van der Waals surface area contributed by atoms with E-state index in [4.69, 9.17) is 14.6 Å². The van der Waals surface area contributed by atoms with Crippen LogP contribution in [0.2, 0.25) is 0 Å². The number of hydrogen-bond donors (Lipinski definition) is 1. The second-order valence-corrected chi connectivity index (χ2v) is 5.57. The summed E-state index contributed by atoms with van der Waals surface area (Å²) in [7, 11) is 0. The Hall–Kier alpha value is -1.14. The maximum absolute atomic E-state index is 12.2. The van der Waals surface area contributed by atoms with Crippen LogP contribution in [0.15, 0.2) is 0 Å². The van der Waals surface area contributed by atoms with E-state index in [-0.39, 0.29) is 12.0 Å². The lowest BCUT2D eigenvalue weighted by atomic mass is 9.98. The fraction of sp³-hybridized carbons (Fsp3) is 0.857. The molecule has 1 N–H and O–H groups in total. The van der Waals surface area contributed by atoms with Crippen LogP contribution in [0.1, 0.15) is 32.6 Å². The number of likely N-dealkylation sites (tertiary alicyclic amines) is 1. The van der Waals surface area contributed by atoms with Gasteiger partial charge in [-0.25, -0.2) is 0 Å². The Kier molecular flexibility index (Phi) is 5.37. The first-order chi connectivity index (χ1) is 9.58. The molecule has 0 aliphatic carbocycles. The predicted octanol–water partition coefficient (Wildman–Crippen LogP) is 0.894. The van der Waals surface area contributed by atoms with Crippen molar-refractivity contribution < 1.29 is 24.2 Å². The largest absolute Gasteiger partial charge is 0.481 e. The molecule has 0 aromatic carbocycles. The standard InChI is InChI=1S/C14H23NO5/c1-10(20-9-12-5-3-7-19-12)13(16)15-6-2-4-11(8-15)14(17)18/h10-12H,2-9H2,1H3,(H,17,18)/t10-,11-,12+/m0/s1. The van der Waals surface area contributed by atoms with Crippen LogP contribution in [0.25, 0.3) is 0 Å². The number of hydrogen-bond acceptors (Lipinski definition) is 4. The normalized spacial score (nSPS) is 28.4. The van der Waals surface area contributed by atoms with Crippen LogP contribution in [0.4, 0.5) is 0 Å².